The number of allylic oxidation sites excluding steroid dienone is 1. The summed E-state index contributed by atoms with van der Waals surface area (Å²) in [4.78, 5) is 0. The maximum absolute atomic E-state index is 12.3. The van der Waals surface area contributed by atoms with Crippen LogP contribution in [0, 0.1) is 0 Å². The van der Waals surface area contributed by atoms with E-state index in [0.717, 1.165) is 5.32 Å². The average Bonchev–Trinajstić information content (AvgIpc) is 2.07. The highest BCUT2D eigenvalue weighted by atomic mass is 19.4. The predicted octanol–water partition coefficient (Wildman–Crippen LogP) is 2.36. The Labute approximate surface area is 84.3 Å². The summed E-state index contributed by atoms with van der Waals surface area (Å²) < 4.78 is 93.1. The van der Waals surface area contributed by atoms with Crippen LogP contribution in [0.2, 0.25) is 0 Å². The van der Waals surface area contributed by atoms with Gasteiger partial charge in [-0.3, -0.25) is 0 Å². The molecule has 10 heteroatoms. The van der Waals surface area contributed by atoms with Gasteiger partial charge in [0.1, 0.15) is 0 Å². The summed E-state index contributed by atoms with van der Waals surface area (Å²) in [5.74, 6) is -5.36. The van der Waals surface area contributed by atoms with Gasteiger partial charge in [-0.15, -0.1) is 0 Å². The van der Waals surface area contributed by atoms with Gasteiger partial charge in [0.15, 0.2) is 0 Å². The van der Waals surface area contributed by atoms with E-state index in [1.54, 1.807) is 0 Å². The lowest BCUT2D eigenvalue weighted by Gasteiger charge is -2.10. The van der Waals surface area contributed by atoms with E-state index in [9.17, 15) is 35.1 Å². The van der Waals surface area contributed by atoms with Gasteiger partial charge in [0.25, 0.3) is 5.83 Å². The number of hydrogen-bond donors (Lipinski definition) is 2. The van der Waals surface area contributed by atoms with Crippen molar-refractivity contribution in [3.05, 3.63) is 11.8 Å². The molecule has 2 nitrogen and oxygen atoms in total. The molecule has 96 valence electrons. The molecular weight excluding hydrogens is 252 g/mol. The number of nitrogens with one attached hydrogen (secondary N) is 2. The SMILES string of the molecule is F/C(NCCNC(F)(F)F)=C(/F)C(F)(F)F. The second-order valence-corrected chi connectivity index (χ2v) is 2.48. The van der Waals surface area contributed by atoms with Crippen molar-refractivity contribution < 1.29 is 35.1 Å². The number of hydrogen-bond acceptors (Lipinski definition) is 2. The lowest BCUT2D eigenvalue weighted by molar-refractivity contribution is -0.156. The van der Waals surface area contributed by atoms with Crippen LogP contribution >= 0.6 is 0 Å². The third-order valence-corrected chi connectivity index (χ3v) is 1.17. The summed E-state index contributed by atoms with van der Waals surface area (Å²) in [6.45, 7) is -1.75. The first-order chi connectivity index (χ1) is 7.04. The molecule has 0 radical (unpaired) electrons. The fraction of sp³-hybridized carbons (Fsp3) is 0.667. The van der Waals surface area contributed by atoms with Gasteiger partial charge in [-0.2, -0.15) is 35.1 Å². The van der Waals surface area contributed by atoms with Gasteiger partial charge in [-0.1, -0.05) is 0 Å². The van der Waals surface area contributed by atoms with Gasteiger partial charge in [0.05, 0.1) is 0 Å². The van der Waals surface area contributed by atoms with Gasteiger partial charge in [0, 0.05) is 13.1 Å². The van der Waals surface area contributed by atoms with Crippen molar-refractivity contribution in [3.8, 4) is 0 Å². The standard InChI is InChI=1S/C6H6F8N2/c7-3(5(9,10)11)4(8)15-1-2-16-6(12,13)14/h15-16H,1-2H2/b4-3-. The quantitative estimate of drug-likeness (QED) is 0.459. The molecule has 0 unspecified atom stereocenters. The summed E-state index contributed by atoms with van der Waals surface area (Å²) in [5, 5.41) is 2.12. The zero-order chi connectivity index (χ0) is 13.0. The smallest absolute Gasteiger partial charge is 0.358 e. The van der Waals surface area contributed by atoms with Crippen molar-refractivity contribution >= 4 is 0 Å². The van der Waals surface area contributed by atoms with Crippen molar-refractivity contribution in [3.63, 3.8) is 0 Å². The molecule has 0 fully saturated rings. The van der Waals surface area contributed by atoms with Crippen molar-refractivity contribution in [2.45, 2.75) is 12.5 Å². The third-order valence-electron chi connectivity index (χ3n) is 1.17. The fourth-order valence-corrected chi connectivity index (χ4v) is 0.579. The Morgan fingerprint density at radius 3 is 1.75 bits per heavy atom. The van der Waals surface area contributed by atoms with Crippen molar-refractivity contribution in [2.75, 3.05) is 13.1 Å². The monoisotopic (exact) mass is 258 g/mol. The van der Waals surface area contributed by atoms with Crippen molar-refractivity contribution in [1.82, 2.24) is 10.6 Å². The van der Waals surface area contributed by atoms with Gasteiger partial charge >= 0.3 is 12.5 Å². The first-order valence-electron chi connectivity index (χ1n) is 3.72. The molecule has 0 aromatic carbocycles. The Hall–Kier alpha value is -1.06. The minimum atomic E-state index is -5.51. The number of rotatable bonds is 4. The van der Waals surface area contributed by atoms with Gasteiger partial charge in [0.2, 0.25) is 5.95 Å². The molecule has 2 N–H and O–H groups in total. The molecule has 0 saturated heterocycles. The second-order valence-electron chi connectivity index (χ2n) is 2.48. The third kappa shape index (κ3) is 6.43. The summed E-state index contributed by atoms with van der Waals surface area (Å²) in [5.41, 5.74) is 0. The molecule has 0 aliphatic carbocycles. The molecular formula is C6H6F8N2. The van der Waals surface area contributed by atoms with Gasteiger partial charge in [-0.25, -0.2) is 5.32 Å². The van der Waals surface area contributed by atoms with E-state index >= 15 is 0 Å². The Morgan fingerprint density at radius 1 is 0.875 bits per heavy atom. The van der Waals surface area contributed by atoms with E-state index in [1.165, 1.54) is 5.32 Å². The highest BCUT2D eigenvalue weighted by Crippen LogP contribution is 2.28. The molecule has 0 heterocycles. The highest BCUT2D eigenvalue weighted by molar-refractivity contribution is 5.03. The lowest BCUT2D eigenvalue weighted by Crippen LogP contribution is -2.37. The first kappa shape index (κ1) is 14.9. The van der Waals surface area contributed by atoms with Crippen LogP contribution in [0.1, 0.15) is 0 Å². The van der Waals surface area contributed by atoms with Gasteiger partial charge < -0.3 is 5.32 Å². The molecule has 0 rings (SSSR count). The summed E-state index contributed by atoms with van der Waals surface area (Å²) in [7, 11) is 0. The fourth-order valence-electron chi connectivity index (χ4n) is 0.579. The maximum atomic E-state index is 12.3. The van der Waals surface area contributed by atoms with Crippen LogP contribution in [-0.2, 0) is 0 Å². The molecule has 0 aliphatic rings. The molecule has 0 spiro atoms. The summed E-state index contributed by atoms with van der Waals surface area (Å²) >= 11 is 0. The summed E-state index contributed by atoms with van der Waals surface area (Å²) in [6.07, 6.45) is -10.2. The Morgan fingerprint density at radius 2 is 1.38 bits per heavy atom. The van der Waals surface area contributed by atoms with Crippen molar-refractivity contribution in [2.24, 2.45) is 0 Å². The van der Waals surface area contributed by atoms with Crippen LogP contribution in [0.15, 0.2) is 11.8 Å². The van der Waals surface area contributed by atoms with Crippen LogP contribution in [0.4, 0.5) is 35.1 Å². The van der Waals surface area contributed by atoms with E-state index in [2.05, 4.69) is 0 Å². The van der Waals surface area contributed by atoms with Crippen LogP contribution in [0.5, 0.6) is 0 Å². The molecule has 16 heavy (non-hydrogen) atoms. The molecule has 0 amide bonds. The molecule has 0 aliphatic heterocycles. The number of alkyl halides is 6. The van der Waals surface area contributed by atoms with Crippen LogP contribution in [-0.4, -0.2) is 25.6 Å². The van der Waals surface area contributed by atoms with E-state index in [-0.39, 0.29) is 0 Å². The second kappa shape index (κ2) is 5.32. The lowest BCUT2D eigenvalue weighted by atomic mass is 10.5. The Bertz CT molecular complexity index is 252. The topological polar surface area (TPSA) is 24.1 Å². The van der Waals surface area contributed by atoms with Crippen LogP contribution in [0.3, 0.4) is 0 Å². The molecule has 0 aromatic heterocycles. The average molecular weight is 258 g/mol. The zero-order valence-corrected chi connectivity index (χ0v) is 7.44. The molecule has 0 saturated carbocycles. The highest BCUT2D eigenvalue weighted by Gasteiger charge is 2.38. The van der Waals surface area contributed by atoms with E-state index in [4.69, 9.17) is 0 Å². The minimum Gasteiger partial charge on any atom is -0.358 e. The van der Waals surface area contributed by atoms with Gasteiger partial charge in [-0.05, 0) is 0 Å². The van der Waals surface area contributed by atoms with Crippen molar-refractivity contribution in [1.29, 1.82) is 0 Å². The van der Waals surface area contributed by atoms with E-state index in [1.807, 2.05) is 0 Å². The summed E-state index contributed by atoms with van der Waals surface area (Å²) in [6, 6.07) is 0. The largest absolute Gasteiger partial charge is 0.457 e. The molecule has 0 aromatic rings. The normalized spacial score (nSPS) is 14.8. The first-order valence-corrected chi connectivity index (χ1v) is 3.72. The molecule has 0 bridgehead atoms. The minimum absolute atomic E-state index is 0.852. The predicted molar refractivity (Wildman–Crippen MR) is 37.4 cm³/mol. The Kier molecular flexibility index (Phi) is 4.97. The Balaban J connectivity index is 4.04. The van der Waals surface area contributed by atoms with E-state index in [0.29, 0.717) is 0 Å². The van der Waals surface area contributed by atoms with Crippen LogP contribution < -0.4 is 10.6 Å². The zero-order valence-electron chi connectivity index (χ0n) is 7.44. The number of halogens is 8. The van der Waals surface area contributed by atoms with E-state index < -0.39 is 37.3 Å². The van der Waals surface area contributed by atoms with Crippen LogP contribution in [0.25, 0.3) is 0 Å². The molecule has 0 atom stereocenters. The maximum Gasteiger partial charge on any atom is 0.457 e.